The van der Waals surface area contributed by atoms with Crippen molar-refractivity contribution in [1.29, 1.82) is 0 Å². The molecular formula is C29H32Cl2N6O. The van der Waals surface area contributed by atoms with Crippen LogP contribution in [0.25, 0.3) is 22.4 Å². The van der Waals surface area contributed by atoms with E-state index in [1.165, 1.54) is 24.8 Å². The summed E-state index contributed by atoms with van der Waals surface area (Å²) in [7, 11) is 1.71. The molecule has 2 aliphatic rings. The number of hydrogen-bond donors (Lipinski definition) is 2. The SMILES string of the molecule is COc1ccc(C(C)N[C@@H]2CCCC23CCN(c2cnc4c(-c5cccc(Cl)c5Cl)[nH]nc4n2)CC3)cc1. The summed E-state index contributed by atoms with van der Waals surface area (Å²) in [6, 6.07) is 14.8. The number of aromatic nitrogens is 4. The van der Waals surface area contributed by atoms with Crippen molar-refractivity contribution in [3.05, 3.63) is 64.3 Å². The molecule has 2 fully saturated rings. The highest BCUT2D eigenvalue weighted by Gasteiger charge is 2.45. The van der Waals surface area contributed by atoms with Crippen LogP contribution in [0, 0.1) is 5.41 Å². The number of halogens is 2. The smallest absolute Gasteiger partial charge is 0.202 e. The molecule has 2 atom stereocenters. The van der Waals surface area contributed by atoms with Crippen molar-refractivity contribution in [2.24, 2.45) is 5.41 Å². The second kappa shape index (κ2) is 10.4. The lowest BCUT2D eigenvalue weighted by Crippen LogP contribution is -2.49. The van der Waals surface area contributed by atoms with Gasteiger partial charge in [0.2, 0.25) is 5.65 Å². The zero-order valence-corrected chi connectivity index (χ0v) is 23.2. The highest BCUT2D eigenvalue weighted by Crippen LogP contribution is 2.47. The fourth-order valence-electron chi connectivity index (χ4n) is 6.29. The number of fused-ring (bicyclic) bond motifs is 1. The maximum Gasteiger partial charge on any atom is 0.202 e. The third-order valence-corrected chi connectivity index (χ3v) is 9.35. The van der Waals surface area contributed by atoms with Crippen LogP contribution in [0.1, 0.15) is 50.6 Å². The number of methoxy groups -OCH3 is 1. The average Bonchev–Trinajstić information content (AvgIpc) is 3.54. The number of ether oxygens (including phenoxy) is 1. The van der Waals surface area contributed by atoms with Gasteiger partial charge in [-0.2, -0.15) is 5.10 Å². The van der Waals surface area contributed by atoms with Gasteiger partial charge in [0.05, 0.1) is 29.0 Å². The largest absolute Gasteiger partial charge is 0.497 e. The monoisotopic (exact) mass is 550 g/mol. The zero-order chi connectivity index (χ0) is 26.3. The Bertz CT molecular complexity index is 1430. The molecule has 1 saturated heterocycles. The minimum absolute atomic E-state index is 0.300. The van der Waals surface area contributed by atoms with Crippen LogP contribution < -0.4 is 15.0 Å². The Hall–Kier alpha value is -2.87. The molecule has 2 aromatic carbocycles. The minimum atomic E-state index is 0.300. The number of rotatable bonds is 6. The van der Waals surface area contributed by atoms with E-state index in [1.54, 1.807) is 13.2 Å². The Balaban J connectivity index is 1.15. The number of anilines is 1. The quantitative estimate of drug-likeness (QED) is 0.274. The van der Waals surface area contributed by atoms with Gasteiger partial charge in [-0.05, 0) is 61.8 Å². The normalized spacial score (nSPS) is 19.8. The van der Waals surface area contributed by atoms with Gasteiger partial charge in [0, 0.05) is 30.7 Å². The van der Waals surface area contributed by atoms with Crippen molar-refractivity contribution in [1.82, 2.24) is 25.5 Å². The molecule has 9 heteroatoms. The van der Waals surface area contributed by atoms with Gasteiger partial charge < -0.3 is 15.0 Å². The molecule has 4 aromatic rings. The third-order valence-electron chi connectivity index (χ3n) is 8.53. The maximum atomic E-state index is 6.44. The Morgan fingerprint density at radius 3 is 2.66 bits per heavy atom. The maximum absolute atomic E-state index is 6.44. The molecule has 1 aliphatic carbocycles. The van der Waals surface area contributed by atoms with Crippen LogP contribution in [-0.2, 0) is 0 Å². The number of benzene rings is 2. The van der Waals surface area contributed by atoms with E-state index < -0.39 is 0 Å². The summed E-state index contributed by atoms with van der Waals surface area (Å²) in [6.07, 6.45) is 7.93. The molecule has 2 N–H and O–H groups in total. The van der Waals surface area contributed by atoms with Crippen LogP contribution in [0.15, 0.2) is 48.7 Å². The van der Waals surface area contributed by atoms with Crippen LogP contribution in [-0.4, -0.2) is 46.4 Å². The topological polar surface area (TPSA) is 79.0 Å². The summed E-state index contributed by atoms with van der Waals surface area (Å²) in [5.74, 6) is 1.77. The average molecular weight is 552 g/mol. The van der Waals surface area contributed by atoms with E-state index in [4.69, 9.17) is 37.9 Å². The lowest BCUT2D eigenvalue weighted by molar-refractivity contribution is 0.163. The van der Waals surface area contributed by atoms with Gasteiger partial charge in [0.25, 0.3) is 0 Å². The summed E-state index contributed by atoms with van der Waals surface area (Å²) in [6.45, 7) is 4.20. The fraction of sp³-hybridized carbons (Fsp3) is 0.414. The number of nitrogens with zero attached hydrogens (tertiary/aromatic N) is 4. The fourth-order valence-corrected chi connectivity index (χ4v) is 6.69. The van der Waals surface area contributed by atoms with Crippen LogP contribution in [0.3, 0.4) is 0 Å². The number of nitrogens with one attached hydrogen (secondary N) is 2. The summed E-state index contributed by atoms with van der Waals surface area (Å²) < 4.78 is 5.32. The number of piperidine rings is 1. The van der Waals surface area contributed by atoms with Gasteiger partial charge >= 0.3 is 0 Å². The summed E-state index contributed by atoms with van der Waals surface area (Å²) in [4.78, 5) is 11.9. The van der Waals surface area contributed by atoms with Crippen molar-refractivity contribution in [3.8, 4) is 17.0 Å². The first-order valence-corrected chi connectivity index (χ1v) is 14.0. The van der Waals surface area contributed by atoms with Gasteiger partial charge in [-0.15, -0.1) is 0 Å². The lowest BCUT2D eigenvalue weighted by Gasteiger charge is -2.44. The first-order valence-electron chi connectivity index (χ1n) is 13.3. The number of H-pyrrole nitrogens is 1. The lowest BCUT2D eigenvalue weighted by atomic mass is 9.73. The Kier molecular flexibility index (Phi) is 6.93. The van der Waals surface area contributed by atoms with Gasteiger partial charge in [0.15, 0.2) is 0 Å². The molecule has 198 valence electrons. The van der Waals surface area contributed by atoms with Gasteiger partial charge in [-0.1, -0.05) is 53.9 Å². The van der Waals surface area contributed by atoms with Crippen molar-refractivity contribution >= 4 is 40.2 Å². The van der Waals surface area contributed by atoms with E-state index in [9.17, 15) is 0 Å². The Labute approximate surface area is 232 Å². The molecule has 1 aliphatic heterocycles. The van der Waals surface area contributed by atoms with Gasteiger partial charge in [0.1, 0.15) is 17.1 Å². The summed E-state index contributed by atoms with van der Waals surface area (Å²) in [5.41, 5.74) is 4.41. The van der Waals surface area contributed by atoms with Gasteiger partial charge in [-0.3, -0.25) is 5.10 Å². The highest BCUT2D eigenvalue weighted by molar-refractivity contribution is 6.43. The summed E-state index contributed by atoms with van der Waals surface area (Å²) in [5, 5.41) is 12.4. The van der Waals surface area contributed by atoms with E-state index in [0.717, 1.165) is 48.8 Å². The first kappa shape index (κ1) is 25.4. The van der Waals surface area contributed by atoms with E-state index in [2.05, 4.69) is 39.5 Å². The highest BCUT2D eigenvalue weighted by atomic mass is 35.5. The van der Waals surface area contributed by atoms with Gasteiger partial charge in [-0.25, -0.2) is 9.97 Å². The number of aromatic amines is 1. The third kappa shape index (κ3) is 4.61. The Morgan fingerprint density at radius 1 is 1.11 bits per heavy atom. The standard InChI is InChI=1S/C29H32Cl2N6O/c1-18(19-8-10-20(38-2)11-9-19)33-23-7-4-12-29(23)13-15-37(16-14-29)24-17-32-27-26(35-36-28(27)34-24)21-5-3-6-22(30)25(21)31/h3,5-6,8-11,17-18,23,33H,4,7,12-16H2,1-2H3,(H,34,35,36)/t18?,23-/m1/s1. The van der Waals surface area contributed by atoms with E-state index in [0.29, 0.717) is 38.7 Å². The summed E-state index contributed by atoms with van der Waals surface area (Å²) >= 11 is 12.7. The number of hydrogen-bond acceptors (Lipinski definition) is 6. The molecule has 2 aromatic heterocycles. The van der Waals surface area contributed by atoms with Crippen molar-refractivity contribution in [3.63, 3.8) is 0 Å². The predicted octanol–water partition coefficient (Wildman–Crippen LogP) is 6.83. The van der Waals surface area contributed by atoms with E-state index in [-0.39, 0.29) is 0 Å². The van der Waals surface area contributed by atoms with Crippen molar-refractivity contribution < 1.29 is 4.74 Å². The molecular weight excluding hydrogens is 519 g/mol. The van der Waals surface area contributed by atoms with Crippen LogP contribution in [0.2, 0.25) is 10.0 Å². The molecule has 3 heterocycles. The molecule has 1 unspecified atom stereocenters. The van der Waals surface area contributed by atoms with Crippen LogP contribution >= 0.6 is 23.2 Å². The second-order valence-corrected chi connectivity index (χ2v) is 11.3. The van der Waals surface area contributed by atoms with E-state index >= 15 is 0 Å². The predicted molar refractivity (Wildman–Crippen MR) is 153 cm³/mol. The molecule has 0 radical (unpaired) electrons. The van der Waals surface area contributed by atoms with Crippen LogP contribution in [0.5, 0.6) is 5.75 Å². The molecule has 6 rings (SSSR count). The second-order valence-electron chi connectivity index (χ2n) is 10.6. The Morgan fingerprint density at radius 2 is 1.89 bits per heavy atom. The van der Waals surface area contributed by atoms with E-state index in [1.807, 2.05) is 30.5 Å². The zero-order valence-electron chi connectivity index (χ0n) is 21.7. The molecule has 0 bridgehead atoms. The molecule has 38 heavy (non-hydrogen) atoms. The first-order chi connectivity index (χ1) is 18.5. The molecule has 7 nitrogen and oxygen atoms in total. The van der Waals surface area contributed by atoms with Crippen LogP contribution in [0.4, 0.5) is 5.82 Å². The van der Waals surface area contributed by atoms with Crippen molar-refractivity contribution in [2.45, 2.75) is 51.1 Å². The molecule has 1 spiro atoms. The molecule has 1 saturated carbocycles. The van der Waals surface area contributed by atoms with Crippen molar-refractivity contribution in [2.75, 3.05) is 25.1 Å². The minimum Gasteiger partial charge on any atom is -0.497 e. The molecule has 0 amide bonds.